The van der Waals surface area contributed by atoms with Gasteiger partial charge in [-0.25, -0.2) is 0 Å². The van der Waals surface area contributed by atoms with Crippen LogP contribution >= 0.6 is 0 Å². The van der Waals surface area contributed by atoms with Gasteiger partial charge in [0.05, 0.1) is 13.0 Å². The van der Waals surface area contributed by atoms with Crippen molar-refractivity contribution >= 4 is 17.5 Å². The summed E-state index contributed by atoms with van der Waals surface area (Å²) in [7, 11) is 0. The lowest BCUT2D eigenvalue weighted by Gasteiger charge is -2.14. The zero-order valence-corrected chi connectivity index (χ0v) is 12.5. The van der Waals surface area contributed by atoms with E-state index in [0.29, 0.717) is 18.0 Å². The average molecular weight is 293 g/mol. The fourth-order valence-corrected chi connectivity index (χ4v) is 1.65. The first-order valence-electron chi connectivity index (χ1n) is 7.08. The molecule has 0 fully saturated rings. The Morgan fingerprint density at radius 2 is 2.14 bits per heavy atom. The van der Waals surface area contributed by atoms with Crippen molar-refractivity contribution in [2.45, 2.75) is 32.7 Å². The molecule has 0 radical (unpaired) electrons. The highest BCUT2D eigenvalue weighted by Crippen LogP contribution is 2.14. The van der Waals surface area contributed by atoms with Crippen molar-refractivity contribution in [2.75, 3.05) is 18.9 Å². The van der Waals surface area contributed by atoms with Crippen LogP contribution < -0.4 is 21.1 Å². The van der Waals surface area contributed by atoms with E-state index in [1.165, 1.54) is 0 Å². The summed E-state index contributed by atoms with van der Waals surface area (Å²) in [5.41, 5.74) is 6.23. The Balaban J connectivity index is 2.26. The van der Waals surface area contributed by atoms with Crippen molar-refractivity contribution in [3.05, 3.63) is 24.3 Å². The lowest BCUT2D eigenvalue weighted by Crippen LogP contribution is -2.45. The van der Waals surface area contributed by atoms with E-state index < -0.39 is 6.04 Å². The number of ether oxygens (including phenoxy) is 1. The molecular formula is C15H23N3O3. The normalized spacial score (nSPS) is 11.5. The summed E-state index contributed by atoms with van der Waals surface area (Å²) in [5.74, 6) is 0.219. The fraction of sp³-hybridized carbons (Fsp3) is 0.467. The molecule has 1 unspecified atom stereocenters. The maximum Gasteiger partial charge on any atom is 0.242 e. The van der Waals surface area contributed by atoms with Crippen molar-refractivity contribution in [2.24, 2.45) is 0 Å². The average Bonchev–Trinajstić information content (AvgIpc) is 2.44. The molecule has 0 bridgehead atoms. The van der Waals surface area contributed by atoms with Crippen molar-refractivity contribution in [1.82, 2.24) is 10.6 Å². The van der Waals surface area contributed by atoms with Crippen LogP contribution in [-0.2, 0) is 9.59 Å². The standard InChI is InChI=1S/C15H23N3O3/c1-3-8-17-15(20)11(2)18-14(19)7-9-21-13-6-4-5-12(16)10-13/h4-6,10-11H,3,7-9,16H2,1-2H3,(H,17,20)(H,18,19). The Labute approximate surface area is 125 Å². The summed E-state index contributed by atoms with van der Waals surface area (Å²) < 4.78 is 5.42. The van der Waals surface area contributed by atoms with Gasteiger partial charge in [-0.05, 0) is 25.5 Å². The van der Waals surface area contributed by atoms with Gasteiger partial charge in [0.2, 0.25) is 11.8 Å². The maximum atomic E-state index is 11.7. The SMILES string of the molecule is CCCNC(=O)C(C)NC(=O)CCOc1cccc(N)c1. The molecule has 21 heavy (non-hydrogen) atoms. The molecule has 116 valence electrons. The summed E-state index contributed by atoms with van der Waals surface area (Å²) in [4.78, 5) is 23.3. The molecule has 1 rings (SSSR count). The number of nitrogen functional groups attached to an aromatic ring is 1. The monoisotopic (exact) mass is 293 g/mol. The lowest BCUT2D eigenvalue weighted by molar-refractivity contribution is -0.128. The first kappa shape index (κ1) is 16.8. The molecule has 1 aromatic rings. The lowest BCUT2D eigenvalue weighted by atomic mass is 10.3. The molecular weight excluding hydrogens is 270 g/mol. The molecule has 0 aliphatic heterocycles. The van der Waals surface area contributed by atoms with Gasteiger partial charge >= 0.3 is 0 Å². The number of nitrogens with two attached hydrogens (primary N) is 1. The molecule has 1 atom stereocenters. The highest BCUT2D eigenvalue weighted by molar-refractivity contribution is 5.87. The number of carbonyl (C=O) groups excluding carboxylic acids is 2. The first-order valence-corrected chi connectivity index (χ1v) is 7.08. The molecule has 6 heteroatoms. The number of carbonyl (C=O) groups is 2. The number of nitrogens with one attached hydrogen (secondary N) is 2. The van der Waals surface area contributed by atoms with Gasteiger partial charge in [0.15, 0.2) is 0 Å². The van der Waals surface area contributed by atoms with E-state index in [4.69, 9.17) is 10.5 Å². The molecule has 1 aromatic carbocycles. The van der Waals surface area contributed by atoms with Crippen LogP contribution in [0.2, 0.25) is 0 Å². The van der Waals surface area contributed by atoms with Crippen molar-refractivity contribution < 1.29 is 14.3 Å². The van der Waals surface area contributed by atoms with Crippen LogP contribution in [0.3, 0.4) is 0 Å². The minimum absolute atomic E-state index is 0.179. The summed E-state index contributed by atoms with van der Waals surface area (Å²) in [5, 5.41) is 5.36. The Bertz CT molecular complexity index is 477. The predicted octanol–water partition coefficient (Wildman–Crippen LogP) is 1.07. The third-order valence-electron chi connectivity index (χ3n) is 2.78. The maximum absolute atomic E-state index is 11.7. The smallest absolute Gasteiger partial charge is 0.242 e. The van der Waals surface area contributed by atoms with Crippen molar-refractivity contribution in [1.29, 1.82) is 0 Å². The van der Waals surface area contributed by atoms with Crippen LogP contribution in [-0.4, -0.2) is 31.0 Å². The molecule has 0 heterocycles. The molecule has 2 amide bonds. The Morgan fingerprint density at radius 1 is 1.38 bits per heavy atom. The minimum Gasteiger partial charge on any atom is -0.493 e. The van der Waals surface area contributed by atoms with Crippen molar-refractivity contribution in [3.63, 3.8) is 0 Å². The topological polar surface area (TPSA) is 93.5 Å². The second-order valence-corrected chi connectivity index (χ2v) is 4.75. The van der Waals surface area contributed by atoms with Gasteiger partial charge < -0.3 is 21.1 Å². The Kier molecular flexibility index (Phi) is 7.08. The molecule has 6 nitrogen and oxygen atoms in total. The van der Waals surface area contributed by atoms with E-state index in [1.54, 1.807) is 31.2 Å². The van der Waals surface area contributed by atoms with Gasteiger partial charge in [-0.15, -0.1) is 0 Å². The molecule has 0 spiro atoms. The third-order valence-corrected chi connectivity index (χ3v) is 2.78. The van der Waals surface area contributed by atoms with Gasteiger partial charge in [0.1, 0.15) is 11.8 Å². The fourth-order valence-electron chi connectivity index (χ4n) is 1.65. The minimum atomic E-state index is -0.545. The predicted molar refractivity (Wildman–Crippen MR) is 81.9 cm³/mol. The van der Waals surface area contributed by atoms with Crippen molar-refractivity contribution in [3.8, 4) is 5.75 Å². The zero-order chi connectivity index (χ0) is 15.7. The number of hydrogen-bond donors (Lipinski definition) is 3. The van der Waals surface area contributed by atoms with Crippen LogP contribution in [0.5, 0.6) is 5.75 Å². The summed E-state index contributed by atoms with van der Waals surface area (Å²) >= 11 is 0. The molecule has 0 saturated heterocycles. The second-order valence-electron chi connectivity index (χ2n) is 4.75. The summed E-state index contributed by atoms with van der Waals surface area (Å²) in [6.07, 6.45) is 1.04. The van der Waals surface area contributed by atoms with Gasteiger partial charge in [-0.1, -0.05) is 13.0 Å². The van der Waals surface area contributed by atoms with Gasteiger partial charge in [0.25, 0.3) is 0 Å². The summed E-state index contributed by atoms with van der Waals surface area (Å²) in [6.45, 7) is 4.47. The van der Waals surface area contributed by atoms with Crippen LogP contribution in [0.15, 0.2) is 24.3 Å². The van der Waals surface area contributed by atoms with E-state index in [9.17, 15) is 9.59 Å². The van der Waals surface area contributed by atoms with Crippen LogP contribution in [0.25, 0.3) is 0 Å². The number of benzene rings is 1. The number of rotatable bonds is 8. The Hall–Kier alpha value is -2.24. The third kappa shape index (κ3) is 6.65. The molecule has 0 saturated carbocycles. The zero-order valence-electron chi connectivity index (χ0n) is 12.5. The highest BCUT2D eigenvalue weighted by Gasteiger charge is 2.14. The number of hydrogen-bond acceptors (Lipinski definition) is 4. The van der Waals surface area contributed by atoms with E-state index in [-0.39, 0.29) is 24.8 Å². The highest BCUT2D eigenvalue weighted by atomic mass is 16.5. The number of anilines is 1. The largest absolute Gasteiger partial charge is 0.493 e. The quantitative estimate of drug-likeness (QED) is 0.625. The summed E-state index contributed by atoms with van der Waals surface area (Å²) in [6, 6.07) is 6.46. The first-order chi connectivity index (χ1) is 10.0. The Morgan fingerprint density at radius 3 is 2.81 bits per heavy atom. The molecule has 4 N–H and O–H groups in total. The number of amides is 2. The van der Waals surface area contributed by atoms with Crippen LogP contribution in [0, 0.1) is 0 Å². The van der Waals surface area contributed by atoms with Gasteiger partial charge in [-0.2, -0.15) is 0 Å². The van der Waals surface area contributed by atoms with E-state index in [0.717, 1.165) is 6.42 Å². The van der Waals surface area contributed by atoms with E-state index >= 15 is 0 Å². The van der Waals surface area contributed by atoms with Gasteiger partial charge in [0, 0.05) is 18.3 Å². The molecule has 0 aliphatic rings. The van der Waals surface area contributed by atoms with E-state index in [1.807, 2.05) is 6.92 Å². The molecule has 0 aromatic heterocycles. The van der Waals surface area contributed by atoms with Crippen LogP contribution in [0.4, 0.5) is 5.69 Å². The van der Waals surface area contributed by atoms with E-state index in [2.05, 4.69) is 10.6 Å². The van der Waals surface area contributed by atoms with Crippen LogP contribution in [0.1, 0.15) is 26.7 Å². The second kappa shape index (κ2) is 8.84. The molecule has 0 aliphatic carbocycles. The van der Waals surface area contributed by atoms with Gasteiger partial charge in [-0.3, -0.25) is 9.59 Å².